The van der Waals surface area contributed by atoms with Gasteiger partial charge in [0, 0.05) is 12.1 Å². The van der Waals surface area contributed by atoms with Gasteiger partial charge in [-0.3, -0.25) is 4.79 Å². The zero-order valence-electron chi connectivity index (χ0n) is 10.8. The van der Waals surface area contributed by atoms with Gasteiger partial charge in [0.15, 0.2) is 9.84 Å². The monoisotopic (exact) mass is 313 g/mol. The summed E-state index contributed by atoms with van der Waals surface area (Å²) in [5.74, 6) is 5.08. The molecule has 0 aromatic carbocycles. The zero-order valence-corrected chi connectivity index (χ0v) is 12.4. The Balaban J connectivity index is 2.01. The van der Waals surface area contributed by atoms with E-state index in [0.717, 1.165) is 0 Å². The summed E-state index contributed by atoms with van der Waals surface area (Å²) in [4.78, 5) is 12.5. The highest BCUT2D eigenvalue weighted by molar-refractivity contribution is 7.92. The second-order valence-electron chi connectivity index (χ2n) is 4.46. The quantitative estimate of drug-likeness (QED) is 0.791. The van der Waals surface area contributed by atoms with Gasteiger partial charge in [0.1, 0.15) is 11.5 Å². The van der Waals surface area contributed by atoms with Crippen LogP contribution in [-0.4, -0.2) is 43.6 Å². The van der Waals surface area contributed by atoms with Gasteiger partial charge >= 0.3 is 0 Å². The molecule has 1 aromatic rings. The average Bonchev–Trinajstić information content (AvgIpc) is 2.99. The normalized spacial score (nSPS) is 20.1. The Morgan fingerprint density at radius 3 is 3.00 bits per heavy atom. The number of carbonyl (C=O) groups excluding carboxylic acids is 1. The first-order valence-electron chi connectivity index (χ1n) is 6.21. The minimum Gasteiger partial charge on any atom is -0.384 e. The van der Waals surface area contributed by atoms with Crippen LogP contribution in [0.15, 0.2) is 11.4 Å². The van der Waals surface area contributed by atoms with Crippen molar-refractivity contribution >= 4 is 27.1 Å². The van der Waals surface area contributed by atoms with Crippen LogP contribution in [0.3, 0.4) is 0 Å². The van der Waals surface area contributed by atoms with E-state index in [1.807, 2.05) is 0 Å². The summed E-state index contributed by atoms with van der Waals surface area (Å²) in [6.07, 6.45) is 1.26. The lowest BCUT2D eigenvalue weighted by atomic mass is 10.2. The summed E-state index contributed by atoms with van der Waals surface area (Å²) in [7, 11) is -3.05. The lowest BCUT2D eigenvalue weighted by Crippen LogP contribution is -2.34. The summed E-state index contributed by atoms with van der Waals surface area (Å²) in [5.41, 5.74) is 0.552. The van der Waals surface area contributed by atoms with Crippen molar-refractivity contribution in [3.63, 3.8) is 0 Å². The van der Waals surface area contributed by atoms with Crippen molar-refractivity contribution in [1.29, 1.82) is 0 Å². The van der Waals surface area contributed by atoms with Gasteiger partial charge < -0.3 is 10.4 Å². The summed E-state index contributed by atoms with van der Waals surface area (Å²) in [6, 6.07) is 1.70. The molecule has 20 heavy (non-hydrogen) atoms. The largest absolute Gasteiger partial charge is 0.384 e. The van der Waals surface area contributed by atoms with Crippen LogP contribution in [0, 0.1) is 11.8 Å². The van der Waals surface area contributed by atoms with Crippen LogP contribution >= 0.6 is 11.3 Å². The Kier molecular flexibility index (Phi) is 4.81. The van der Waals surface area contributed by atoms with E-state index >= 15 is 0 Å². The summed E-state index contributed by atoms with van der Waals surface area (Å²) >= 11 is 1.24. The Bertz CT molecular complexity index is 651. The molecule has 1 aliphatic heterocycles. The molecule has 5 nitrogen and oxygen atoms in total. The van der Waals surface area contributed by atoms with Gasteiger partial charge in [-0.25, -0.2) is 8.42 Å². The van der Waals surface area contributed by atoms with Crippen LogP contribution in [0.2, 0.25) is 0 Å². The molecular weight excluding hydrogens is 298 g/mol. The Morgan fingerprint density at radius 2 is 2.35 bits per heavy atom. The molecule has 0 spiro atoms. The maximum Gasteiger partial charge on any atom is 0.262 e. The van der Waals surface area contributed by atoms with Gasteiger partial charge in [-0.1, -0.05) is 11.8 Å². The van der Waals surface area contributed by atoms with Crippen LogP contribution in [0.4, 0.5) is 0 Å². The number of aliphatic hydroxyl groups is 1. The number of thiophene rings is 1. The van der Waals surface area contributed by atoms with E-state index in [1.165, 1.54) is 11.3 Å². The molecule has 0 saturated carbocycles. The predicted octanol–water partition coefficient (Wildman–Crippen LogP) is 0.399. The highest BCUT2D eigenvalue weighted by Gasteiger charge is 2.31. The third kappa shape index (κ3) is 3.39. The third-order valence-electron chi connectivity index (χ3n) is 3.13. The maximum absolute atomic E-state index is 12.0. The first-order valence-corrected chi connectivity index (χ1v) is 8.81. The maximum atomic E-state index is 12.0. The van der Waals surface area contributed by atoms with Gasteiger partial charge in [-0.05, 0) is 24.3 Å². The number of carbonyl (C=O) groups is 1. The van der Waals surface area contributed by atoms with Crippen LogP contribution < -0.4 is 5.32 Å². The first kappa shape index (κ1) is 15.0. The Morgan fingerprint density at radius 1 is 1.55 bits per heavy atom. The molecule has 1 unspecified atom stereocenters. The SMILES string of the molecule is O=C(NCC1CCCS1(=O)=O)c1sccc1C#CCO. The second kappa shape index (κ2) is 6.39. The van der Waals surface area contributed by atoms with Crippen molar-refractivity contribution in [2.75, 3.05) is 18.9 Å². The first-order chi connectivity index (χ1) is 9.54. The predicted molar refractivity (Wildman–Crippen MR) is 77.4 cm³/mol. The molecular formula is C13H15NO4S2. The van der Waals surface area contributed by atoms with E-state index in [0.29, 0.717) is 23.3 Å². The summed E-state index contributed by atoms with van der Waals surface area (Å²) in [5, 5.41) is 12.6. The standard InChI is InChI=1S/C13H15NO4S2/c15-6-1-3-10-5-7-19-12(10)13(16)14-9-11-4-2-8-20(11,17)18/h5,7,11,15H,2,4,6,8-9H2,(H,14,16). The molecule has 0 bridgehead atoms. The van der Waals surface area contributed by atoms with Crippen LogP contribution in [-0.2, 0) is 9.84 Å². The average molecular weight is 313 g/mol. The molecule has 2 rings (SSSR count). The number of amides is 1. The molecule has 1 amide bonds. The van der Waals surface area contributed by atoms with Crippen molar-refractivity contribution in [3.05, 3.63) is 21.9 Å². The van der Waals surface area contributed by atoms with Crippen molar-refractivity contribution in [3.8, 4) is 11.8 Å². The molecule has 1 aromatic heterocycles. The van der Waals surface area contributed by atoms with Crippen molar-refractivity contribution < 1.29 is 18.3 Å². The van der Waals surface area contributed by atoms with E-state index < -0.39 is 15.1 Å². The van der Waals surface area contributed by atoms with Crippen molar-refractivity contribution in [2.24, 2.45) is 0 Å². The van der Waals surface area contributed by atoms with Crippen LogP contribution in [0.25, 0.3) is 0 Å². The molecule has 0 radical (unpaired) electrons. The summed E-state index contributed by atoms with van der Waals surface area (Å²) < 4.78 is 23.3. The molecule has 1 fully saturated rings. The Hall–Kier alpha value is -1.36. The van der Waals surface area contributed by atoms with Gasteiger partial charge in [-0.2, -0.15) is 0 Å². The zero-order chi connectivity index (χ0) is 14.6. The van der Waals surface area contributed by atoms with E-state index in [1.54, 1.807) is 11.4 Å². The molecule has 108 valence electrons. The third-order valence-corrected chi connectivity index (χ3v) is 6.32. The van der Waals surface area contributed by atoms with Crippen molar-refractivity contribution in [1.82, 2.24) is 5.32 Å². The van der Waals surface area contributed by atoms with Crippen molar-refractivity contribution in [2.45, 2.75) is 18.1 Å². The topological polar surface area (TPSA) is 83.5 Å². The number of hydrogen-bond acceptors (Lipinski definition) is 5. The minimum absolute atomic E-state index is 0.145. The number of hydrogen-bond donors (Lipinski definition) is 2. The van der Waals surface area contributed by atoms with E-state index in [9.17, 15) is 13.2 Å². The fourth-order valence-corrected chi connectivity index (χ4v) is 4.62. The van der Waals surface area contributed by atoms with E-state index in [-0.39, 0.29) is 24.8 Å². The van der Waals surface area contributed by atoms with Gasteiger partial charge in [-0.15, -0.1) is 11.3 Å². The molecule has 2 N–H and O–H groups in total. The minimum atomic E-state index is -3.05. The second-order valence-corrected chi connectivity index (χ2v) is 7.78. The van der Waals surface area contributed by atoms with Gasteiger partial charge in [0.2, 0.25) is 0 Å². The molecule has 1 saturated heterocycles. The van der Waals surface area contributed by atoms with Crippen LogP contribution in [0.1, 0.15) is 28.1 Å². The fourth-order valence-electron chi connectivity index (χ4n) is 2.09. The lowest BCUT2D eigenvalue weighted by Gasteiger charge is -2.10. The highest BCUT2D eigenvalue weighted by atomic mass is 32.2. The molecule has 2 heterocycles. The fraction of sp³-hybridized carbons (Fsp3) is 0.462. The number of sulfone groups is 1. The molecule has 7 heteroatoms. The van der Waals surface area contributed by atoms with Crippen LogP contribution in [0.5, 0.6) is 0 Å². The van der Waals surface area contributed by atoms with E-state index in [4.69, 9.17) is 5.11 Å². The highest BCUT2D eigenvalue weighted by Crippen LogP contribution is 2.20. The molecule has 0 aliphatic carbocycles. The Labute approximate surface area is 121 Å². The van der Waals surface area contributed by atoms with E-state index in [2.05, 4.69) is 17.2 Å². The lowest BCUT2D eigenvalue weighted by molar-refractivity contribution is 0.0957. The number of aliphatic hydroxyl groups excluding tert-OH is 1. The smallest absolute Gasteiger partial charge is 0.262 e. The number of nitrogens with one attached hydrogen (secondary N) is 1. The summed E-state index contributed by atoms with van der Waals surface area (Å²) in [6.45, 7) is -0.122. The van der Waals surface area contributed by atoms with Gasteiger partial charge in [0.05, 0.1) is 11.0 Å². The van der Waals surface area contributed by atoms with Gasteiger partial charge in [0.25, 0.3) is 5.91 Å². The number of rotatable bonds is 3. The molecule has 1 atom stereocenters. The molecule has 1 aliphatic rings.